The molecule has 0 aliphatic carbocycles. The maximum Gasteiger partial charge on any atom is 0.251 e. The van der Waals surface area contributed by atoms with Crippen molar-refractivity contribution in [2.24, 2.45) is 7.05 Å². The largest absolute Gasteiger partial charge is 0.487 e. The Kier molecular flexibility index (Phi) is 3.12. The molecule has 4 rings (SSSR count). The Bertz CT molecular complexity index is 984. The number of rotatable bonds is 1. The number of aliphatic hydroxyl groups excluding tert-OH is 1. The minimum Gasteiger partial charge on any atom is -0.487 e. The van der Waals surface area contributed by atoms with E-state index in [9.17, 15) is 9.90 Å². The third-order valence-corrected chi connectivity index (χ3v) is 5.01. The first-order chi connectivity index (χ1) is 11.4. The maximum absolute atomic E-state index is 12.3. The summed E-state index contributed by atoms with van der Waals surface area (Å²) >= 11 is 0. The Morgan fingerprint density at radius 3 is 2.83 bits per heavy atom. The van der Waals surface area contributed by atoms with Crippen LogP contribution in [0.25, 0.3) is 16.5 Å². The van der Waals surface area contributed by atoms with Gasteiger partial charge in [-0.05, 0) is 37.1 Å². The topological polar surface area (TPSA) is 54.7 Å². The predicted molar refractivity (Wildman–Crippen MR) is 95.6 cm³/mol. The number of ether oxygens (including phenoxy) is 1. The van der Waals surface area contributed by atoms with Crippen LogP contribution in [0.3, 0.4) is 0 Å². The first-order valence-electron chi connectivity index (χ1n) is 8.02. The summed E-state index contributed by atoms with van der Waals surface area (Å²) in [7, 11) is 1.76. The number of aromatic nitrogens is 1. The Labute approximate surface area is 140 Å². The van der Waals surface area contributed by atoms with Gasteiger partial charge in [0.25, 0.3) is 5.56 Å². The molecule has 1 N–H and O–H groups in total. The summed E-state index contributed by atoms with van der Waals surface area (Å²) in [5.41, 5.74) is 5.57. The molecule has 0 saturated heterocycles. The van der Waals surface area contributed by atoms with Crippen LogP contribution in [-0.2, 0) is 7.05 Å². The summed E-state index contributed by atoms with van der Waals surface area (Å²) < 4.78 is 7.68. The molecule has 3 heterocycles. The van der Waals surface area contributed by atoms with Crippen LogP contribution in [-0.4, -0.2) is 28.9 Å². The third-order valence-electron chi connectivity index (χ3n) is 5.01. The van der Waals surface area contributed by atoms with Gasteiger partial charge in [0.05, 0.1) is 23.9 Å². The van der Waals surface area contributed by atoms with E-state index in [-0.39, 0.29) is 18.2 Å². The molecule has 1 aromatic carbocycles. The standard InChI is InChI=1S/C19H20N2O3/c1-10-5-12(3)21-13(8-22)9-24-19-17-14(7-15(10)18(19)21)11(2)6-16(23)20(17)4/h5-7,13,22H,3,8-9H2,1-2,4H3. The SMILES string of the molecule is C=C1C=C(C)c2cc3c(C)cc(=O)n(C)c3c3c2N1C(CO)CO3. The van der Waals surface area contributed by atoms with Crippen molar-refractivity contribution in [2.75, 3.05) is 18.1 Å². The van der Waals surface area contributed by atoms with Gasteiger partial charge in [-0.25, -0.2) is 0 Å². The Morgan fingerprint density at radius 1 is 1.38 bits per heavy atom. The second-order valence-corrected chi connectivity index (χ2v) is 6.56. The van der Waals surface area contributed by atoms with Crippen molar-refractivity contribution < 1.29 is 9.84 Å². The van der Waals surface area contributed by atoms with E-state index >= 15 is 0 Å². The first-order valence-corrected chi connectivity index (χ1v) is 8.02. The second kappa shape index (κ2) is 4.98. The van der Waals surface area contributed by atoms with Crippen LogP contribution in [0.4, 0.5) is 5.69 Å². The van der Waals surface area contributed by atoms with Crippen molar-refractivity contribution in [1.29, 1.82) is 0 Å². The van der Waals surface area contributed by atoms with E-state index in [1.165, 1.54) is 0 Å². The molecule has 2 aromatic rings. The van der Waals surface area contributed by atoms with Gasteiger partial charge in [-0.2, -0.15) is 0 Å². The summed E-state index contributed by atoms with van der Waals surface area (Å²) in [6.07, 6.45) is 2.03. The van der Waals surface area contributed by atoms with Gasteiger partial charge >= 0.3 is 0 Å². The van der Waals surface area contributed by atoms with Crippen molar-refractivity contribution in [3.63, 3.8) is 0 Å². The van der Waals surface area contributed by atoms with Gasteiger partial charge in [0.1, 0.15) is 6.61 Å². The minimum atomic E-state index is -0.174. The molecule has 0 saturated carbocycles. The lowest BCUT2D eigenvalue weighted by Gasteiger charge is -2.42. The highest BCUT2D eigenvalue weighted by molar-refractivity contribution is 6.01. The van der Waals surface area contributed by atoms with Gasteiger partial charge in [-0.15, -0.1) is 0 Å². The van der Waals surface area contributed by atoms with Crippen molar-refractivity contribution >= 4 is 22.2 Å². The fraction of sp³-hybridized carbons (Fsp3) is 0.316. The van der Waals surface area contributed by atoms with Crippen LogP contribution in [0.15, 0.2) is 35.3 Å². The lowest BCUT2D eigenvalue weighted by molar-refractivity contribution is 0.193. The molecule has 5 nitrogen and oxygen atoms in total. The van der Waals surface area contributed by atoms with Crippen LogP contribution >= 0.6 is 0 Å². The van der Waals surface area contributed by atoms with E-state index in [1.807, 2.05) is 24.8 Å². The zero-order valence-corrected chi connectivity index (χ0v) is 14.1. The van der Waals surface area contributed by atoms with Crippen molar-refractivity contribution in [3.8, 4) is 5.75 Å². The Balaban J connectivity index is 2.19. The molecule has 0 radical (unpaired) electrons. The minimum absolute atomic E-state index is 0.0183. The zero-order valence-electron chi connectivity index (χ0n) is 14.1. The summed E-state index contributed by atoms with van der Waals surface area (Å²) in [5, 5.41) is 10.7. The fourth-order valence-electron chi connectivity index (χ4n) is 3.76. The lowest BCUT2D eigenvalue weighted by Crippen LogP contribution is -2.46. The van der Waals surface area contributed by atoms with E-state index in [2.05, 4.69) is 12.6 Å². The normalized spacial score (nSPS) is 19.2. The van der Waals surface area contributed by atoms with Crippen LogP contribution in [0.1, 0.15) is 18.1 Å². The van der Waals surface area contributed by atoms with E-state index in [4.69, 9.17) is 4.74 Å². The molecule has 1 unspecified atom stereocenters. The molecule has 124 valence electrons. The number of hydrogen-bond acceptors (Lipinski definition) is 4. The summed E-state index contributed by atoms with van der Waals surface area (Å²) in [6.45, 7) is 8.47. The number of aliphatic hydroxyl groups is 1. The van der Waals surface area contributed by atoms with Gasteiger partial charge in [0.15, 0.2) is 5.75 Å². The number of fused-ring (bicyclic) bond motifs is 2. The second-order valence-electron chi connectivity index (χ2n) is 6.56. The number of nitrogens with zero attached hydrogens (tertiary/aromatic N) is 2. The molecule has 0 amide bonds. The molecule has 2 aliphatic rings. The van der Waals surface area contributed by atoms with Gasteiger partial charge in [-0.1, -0.05) is 6.58 Å². The van der Waals surface area contributed by atoms with Crippen LogP contribution < -0.4 is 15.2 Å². The lowest BCUT2D eigenvalue weighted by atomic mass is 9.92. The third kappa shape index (κ3) is 1.82. The number of benzene rings is 1. The number of allylic oxidation sites excluding steroid dienone is 2. The van der Waals surface area contributed by atoms with Gasteiger partial charge in [0.2, 0.25) is 0 Å². The molecule has 1 aromatic heterocycles. The number of aryl methyl sites for hydroxylation is 2. The first kappa shape index (κ1) is 15.0. The average Bonchev–Trinajstić information content (AvgIpc) is 2.56. The van der Waals surface area contributed by atoms with Crippen LogP contribution in [0.5, 0.6) is 5.75 Å². The van der Waals surface area contributed by atoms with E-state index in [0.717, 1.165) is 39.0 Å². The molecule has 1 atom stereocenters. The van der Waals surface area contributed by atoms with E-state index in [1.54, 1.807) is 17.7 Å². The molecule has 0 spiro atoms. The molecule has 5 heteroatoms. The van der Waals surface area contributed by atoms with Crippen molar-refractivity contribution in [1.82, 2.24) is 4.57 Å². The zero-order chi connectivity index (χ0) is 17.2. The molecule has 0 bridgehead atoms. The highest BCUT2D eigenvalue weighted by Gasteiger charge is 2.35. The highest BCUT2D eigenvalue weighted by atomic mass is 16.5. The van der Waals surface area contributed by atoms with Crippen molar-refractivity contribution in [3.05, 3.63) is 52.0 Å². The van der Waals surface area contributed by atoms with Crippen LogP contribution in [0.2, 0.25) is 0 Å². The summed E-state index contributed by atoms with van der Waals surface area (Å²) in [6, 6.07) is 3.59. The van der Waals surface area contributed by atoms with Gasteiger partial charge in [0, 0.05) is 29.8 Å². The fourth-order valence-corrected chi connectivity index (χ4v) is 3.76. The average molecular weight is 324 g/mol. The smallest absolute Gasteiger partial charge is 0.251 e. The summed E-state index contributed by atoms with van der Waals surface area (Å²) in [5.74, 6) is 0.698. The van der Waals surface area contributed by atoms with Crippen LogP contribution in [0, 0.1) is 6.92 Å². The number of hydrogen-bond donors (Lipinski definition) is 1. The van der Waals surface area contributed by atoms with E-state index in [0.29, 0.717) is 12.4 Å². The maximum atomic E-state index is 12.3. The van der Waals surface area contributed by atoms with E-state index < -0.39 is 0 Å². The molecule has 2 aliphatic heterocycles. The Hall–Kier alpha value is -2.53. The summed E-state index contributed by atoms with van der Waals surface area (Å²) in [4.78, 5) is 14.3. The van der Waals surface area contributed by atoms with Crippen molar-refractivity contribution in [2.45, 2.75) is 19.9 Å². The number of pyridine rings is 1. The Morgan fingerprint density at radius 2 is 2.12 bits per heavy atom. The molecular weight excluding hydrogens is 304 g/mol. The number of anilines is 1. The monoisotopic (exact) mass is 324 g/mol. The highest BCUT2D eigenvalue weighted by Crippen LogP contribution is 2.49. The molecule has 24 heavy (non-hydrogen) atoms. The predicted octanol–water partition coefficient (Wildman–Crippen LogP) is 2.34. The van der Waals surface area contributed by atoms with Gasteiger partial charge < -0.3 is 19.3 Å². The quantitative estimate of drug-likeness (QED) is 0.875. The molecular formula is C19H20N2O3. The molecule has 0 fully saturated rings. The van der Waals surface area contributed by atoms with Gasteiger partial charge in [-0.3, -0.25) is 4.79 Å².